The van der Waals surface area contributed by atoms with E-state index in [9.17, 15) is 14.4 Å². The van der Waals surface area contributed by atoms with Crippen molar-refractivity contribution in [3.8, 4) is 0 Å². The largest absolute Gasteiger partial charge is 0.492 e. The van der Waals surface area contributed by atoms with Crippen molar-refractivity contribution in [2.24, 2.45) is 11.7 Å². The maximum atomic E-state index is 13.8. The Morgan fingerprint density at radius 2 is 1.71 bits per heavy atom. The van der Waals surface area contributed by atoms with Gasteiger partial charge in [0.25, 0.3) is 0 Å². The third kappa shape index (κ3) is 4.48. The molecule has 9 nitrogen and oxygen atoms in total. The summed E-state index contributed by atoms with van der Waals surface area (Å²) in [6.45, 7) is 2.63. The Balaban J connectivity index is 1.47. The Labute approximate surface area is 207 Å². The van der Waals surface area contributed by atoms with E-state index in [0.29, 0.717) is 29.8 Å². The van der Waals surface area contributed by atoms with Gasteiger partial charge in [0.15, 0.2) is 11.5 Å². The Kier molecular flexibility index (Phi) is 7.86. The first-order valence-corrected chi connectivity index (χ1v) is 13.0. The van der Waals surface area contributed by atoms with Gasteiger partial charge in [0.2, 0.25) is 11.6 Å². The average Bonchev–Trinajstić information content (AvgIpc) is 3.45. The number of ketones is 2. The molecule has 1 aliphatic carbocycles. The van der Waals surface area contributed by atoms with Crippen molar-refractivity contribution in [1.82, 2.24) is 10.2 Å². The maximum absolute atomic E-state index is 13.8. The fraction of sp³-hybridized carbons (Fsp3) is 0.731. The second kappa shape index (κ2) is 10.7. The second-order valence-corrected chi connectivity index (χ2v) is 10.0. The second-order valence-electron chi connectivity index (χ2n) is 10.0. The van der Waals surface area contributed by atoms with Crippen LogP contribution in [0.4, 0.5) is 4.79 Å². The monoisotopic (exact) mass is 489 g/mol. The minimum atomic E-state index is -0.970. The van der Waals surface area contributed by atoms with Crippen molar-refractivity contribution >= 4 is 17.7 Å². The van der Waals surface area contributed by atoms with Crippen molar-refractivity contribution < 1.29 is 28.6 Å². The molecule has 2 fully saturated rings. The molecule has 35 heavy (non-hydrogen) atoms. The number of hydrogen-bond acceptors (Lipinski definition) is 8. The summed E-state index contributed by atoms with van der Waals surface area (Å²) in [5, 5.41) is 3.36. The van der Waals surface area contributed by atoms with Crippen LogP contribution >= 0.6 is 0 Å². The SMILES string of the molecule is CCCCCCCCCCCC1=C(OC)C(=O)C2=C(C1=O)N1C[C@@H]3N[C@@H]3[C@]1(OC)[C@@H]2COC(N)=O. The molecular formula is C26H39N3O6. The number of methoxy groups -OCH3 is 2. The van der Waals surface area contributed by atoms with Gasteiger partial charge in [-0.2, -0.15) is 0 Å². The van der Waals surface area contributed by atoms with Crippen LogP contribution in [0.5, 0.6) is 0 Å². The van der Waals surface area contributed by atoms with Crippen LogP contribution in [0.25, 0.3) is 0 Å². The molecule has 0 aromatic rings. The number of carbonyl (C=O) groups excluding carboxylic acids is 3. The zero-order valence-electron chi connectivity index (χ0n) is 21.2. The molecule has 2 saturated heterocycles. The fourth-order valence-electron chi connectivity index (χ4n) is 6.26. The van der Waals surface area contributed by atoms with Crippen LogP contribution < -0.4 is 11.1 Å². The zero-order valence-corrected chi connectivity index (χ0v) is 21.2. The Morgan fingerprint density at radius 1 is 1.06 bits per heavy atom. The smallest absolute Gasteiger partial charge is 0.404 e. The molecule has 0 radical (unpaired) electrons. The molecule has 4 atom stereocenters. The van der Waals surface area contributed by atoms with Crippen LogP contribution in [0, 0.1) is 5.92 Å². The van der Waals surface area contributed by atoms with E-state index in [1.165, 1.54) is 45.6 Å². The number of allylic oxidation sites excluding steroid dienone is 2. The van der Waals surface area contributed by atoms with E-state index < -0.39 is 17.7 Å². The zero-order chi connectivity index (χ0) is 25.2. The lowest BCUT2D eigenvalue weighted by molar-refractivity contribution is -0.137. The van der Waals surface area contributed by atoms with Crippen molar-refractivity contribution in [3.63, 3.8) is 0 Å². The molecule has 3 aliphatic heterocycles. The van der Waals surface area contributed by atoms with Crippen molar-refractivity contribution in [1.29, 1.82) is 0 Å². The Bertz CT molecular complexity index is 928. The highest BCUT2D eigenvalue weighted by atomic mass is 16.6. The number of nitrogens with one attached hydrogen (secondary N) is 1. The van der Waals surface area contributed by atoms with Crippen LogP contribution in [0.3, 0.4) is 0 Å². The summed E-state index contributed by atoms with van der Waals surface area (Å²) in [6.07, 6.45) is 10.1. The van der Waals surface area contributed by atoms with E-state index in [1.807, 2.05) is 4.90 Å². The standard InChI is InChI=1S/C26H39N3O6/c1-4-5-6-7-8-9-10-11-12-13-16-21(30)20-19(22(31)23(16)33-2)17(15-35-25(27)32)26(34-3)24-18(28-24)14-29(20)26/h17-18,24,28H,4-15H2,1-3H3,(H2,27,32)/t17-,18+,24+,26-/m1/s1. The first kappa shape index (κ1) is 25.7. The minimum Gasteiger partial charge on any atom is -0.492 e. The third-order valence-corrected chi connectivity index (χ3v) is 7.97. The molecule has 1 amide bonds. The summed E-state index contributed by atoms with van der Waals surface area (Å²) in [7, 11) is 2.99. The van der Waals surface area contributed by atoms with Gasteiger partial charge in [-0.3, -0.25) is 9.59 Å². The van der Waals surface area contributed by atoms with E-state index in [0.717, 1.165) is 19.3 Å². The molecule has 0 spiro atoms. The number of nitrogens with zero attached hydrogens (tertiary/aromatic N) is 1. The molecule has 4 aliphatic rings. The quantitative estimate of drug-likeness (QED) is 0.216. The van der Waals surface area contributed by atoms with Crippen molar-refractivity contribution in [3.05, 3.63) is 22.6 Å². The van der Waals surface area contributed by atoms with Gasteiger partial charge in [-0.05, 0) is 12.8 Å². The van der Waals surface area contributed by atoms with Crippen LogP contribution in [-0.4, -0.2) is 67.7 Å². The van der Waals surface area contributed by atoms with Gasteiger partial charge in [0, 0.05) is 30.8 Å². The molecule has 3 heterocycles. The average molecular weight is 490 g/mol. The van der Waals surface area contributed by atoms with E-state index >= 15 is 0 Å². The number of amides is 1. The Hall–Kier alpha value is -2.39. The highest BCUT2D eigenvalue weighted by molar-refractivity contribution is 6.25. The number of nitrogens with two attached hydrogens (primary N) is 1. The van der Waals surface area contributed by atoms with Crippen molar-refractivity contribution in [2.45, 2.75) is 88.9 Å². The summed E-state index contributed by atoms with van der Waals surface area (Å²) < 4.78 is 16.6. The van der Waals surface area contributed by atoms with Crippen LogP contribution in [0.1, 0.15) is 71.1 Å². The normalized spacial score (nSPS) is 28.9. The van der Waals surface area contributed by atoms with Crippen LogP contribution in [-0.2, 0) is 23.8 Å². The summed E-state index contributed by atoms with van der Waals surface area (Å²) in [4.78, 5) is 40.8. The van der Waals surface area contributed by atoms with Gasteiger partial charge in [0.05, 0.1) is 24.8 Å². The number of unbranched alkanes of at least 4 members (excludes halogenated alkanes) is 8. The van der Waals surface area contributed by atoms with E-state index in [-0.39, 0.29) is 36.0 Å². The highest BCUT2D eigenvalue weighted by Gasteiger charge is 2.72. The van der Waals surface area contributed by atoms with E-state index in [4.69, 9.17) is 19.9 Å². The topological polar surface area (TPSA) is 130 Å². The van der Waals surface area contributed by atoms with E-state index in [1.54, 1.807) is 7.11 Å². The molecule has 4 rings (SSSR count). The third-order valence-electron chi connectivity index (χ3n) is 7.97. The molecule has 0 unspecified atom stereocenters. The summed E-state index contributed by atoms with van der Waals surface area (Å²) in [5.74, 6) is -1.05. The number of hydrogen-bond donors (Lipinski definition) is 2. The number of fused-ring (bicyclic) bond motifs is 4. The minimum absolute atomic E-state index is 0.0630. The highest BCUT2D eigenvalue weighted by Crippen LogP contribution is 2.56. The molecule has 3 N–H and O–H groups in total. The summed E-state index contributed by atoms with van der Waals surface area (Å²) in [6, 6.07) is 0.100. The Morgan fingerprint density at radius 3 is 2.31 bits per heavy atom. The predicted molar refractivity (Wildman–Crippen MR) is 129 cm³/mol. The van der Waals surface area contributed by atoms with Crippen molar-refractivity contribution in [2.75, 3.05) is 27.4 Å². The number of piperazine rings is 1. The molecule has 0 aromatic carbocycles. The number of rotatable bonds is 14. The molecule has 0 saturated carbocycles. The first-order valence-electron chi connectivity index (χ1n) is 13.0. The van der Waals surface area contributed by atoms with Gasteiger partial charge in [-0.15, -0.1) is 0 Å². The van der Waals surface area contributed by atoms with Gasteiger partial charge in [-0.1, -0.05) is 58.3 Å². The summed E-state index contributed by atoms with van der Waals surface area (Å²) >= 11 is 0. The molecule has 0 bridgehead atoms. The lowest BCUT2D eigenvalue weighted by Gasteiger charge is -2.39. The maximum Gasteiger partial charge on any atom is 0.404 e. The van der Waals surface area contributed by atoms with Gasteiger partial charge < -0.3 is 30.2 Å². The number of Topliss-reactive ketones (excluding diaryl/α,β-unsaturated/α-hetero) is 2. The molecular weight excluding hydrogens is 450 g/mol. The summed E-state index contributed by atoms with van der Waals surface area (Å²) in [5.41, 5.74) is 5.37. The van der Waals surface area contributed by atoms with Crippen LogP contribution in [0.15, 0.2) is 22.6 Å². The molecule has 9 heteroatoms. The van der Waals surface area contributed by atoms with Gasteiger partial charge >= 0.3 is 6.09 Å². The molecule has 0 aromatic heterocycles. The van der Waals surface area contributed by atoms with E-state index in [2.05, 4.69) is 12.2 Å². The molecule has 194 valence electrons. The lowest BCUT2D eigenvalue weighted by atomic mass is 9.82. The number of carbonyl (C=O) groups is 3. The van der Waals surface area contributed by atoms with Gasteiger partial charge in [-0.25, -0.2) is 4.79 Å². The van der Waals surface area contributed by atoms with Gasteiger partial charge in [0.1, 0.15) is 6.61 Å². The lowest BCUT2D eigenvalue weighted by Crippen LogP contribution is -2.55. The predicted octanol–water partition coefficient (Wildman–Crippen LogP) is 2.94. The van der Waals surface area contributed by atoms with Crippen LogP contribution in [0.2, 0.25) is 0 Å². The fourth-order valence-corrected chi connectivity index (χ4v) is 6.26. The first-order chi connectivity index (χ1) is 16.9. The number of primary amides is 1. The number of ether oxygens (including phenoxy) is 3.